The van der Waals surface area contributed by atoms with Crippen molar-refractivity contribution in [1.29, 1.82) is 0 Å². The average molecular weight is 388 g/mol. The number of carbonyl (C=O) groups excluding carboxylic acids is 2. The van der Waals surface area contributed by atoms with Crippen LogP contribution in [0.5, 0.6) is 0 Å². The van der Waals surface area contributed by atoms with Crippen molar-refractivity contribution in [2.45, 2.75) is 95.5 Å². The van der Waals surface area contributed by atoms with Crippen LogP contribution in [0.2, 0.25) is 0 Å². The molecule has 2 atom stereocenters. The van der Waals surface area contributed by atoms with Gasteiger partial charge in [0.2, 0.25) is 5.91 Å². The molecule has 1 heterocycles. The van der Waals surface area contributed by atoms with Gasteiger partial charge in [-0.3, -0.25) is 9.59 Å². The number of carbonyl (C=O) groups is 2. The number of hydrogen-bond donors (Lipinski definition) is 1. The van der Waals surface area contributed by atoms with Crippen LogP contribution in [-0.4, -0.2) is 52.3 Å². The third-order valence-electron chi connectivity index (χ3n) is 5.09. The monoisotopic (exact) mass is 387 g/mol. The molecule has 0 aromatic carbocycles. The van der Waals surface area contributed by atoms with E-state index in [1.165, 1.54) is 7.11 Å². The van der Waals surface area contributed by atoms with Crippen LogP contribution >= 0.6 is 11.8 Å². The molecule has 1 aliphatic heterocycles. The molecule has 2 unspecified atom stereocenters. The minimum absolute atomic E-state index is 0.140. The minimum Gasteiger partial charge on any atom is -0.469 e. The van der Waals surface area contributed by atoms with Gasteiger partial charge in [0.1, 0.15) is 0 Å². The smallest absolute Gasteiger partial charge is 0.305 e. The summed E-state index contributed by atoms with van der Waals surface area (Å²) in [6.07, 6.45) is 10.3. The summed E-state index contributed by atoms with van der Waals surface area (Å²) in [5.74, 6) is 0.625. The lowest BCUT2D eigenvalue weighted by Crippen LogP contribution is -2.38. The van der Waals surface area contributed by atoms with Crippen molar-refractivity contribution in [3.8, 4) is 0 Å². The zero-order valence-electron chi connectivity index (χ0n) is 16.8. The van der Waals surface area contributed by atoms with E-state index < -0.39 is 5.60 Å². The average Bonchev–Trinajstić information content (AvgIpc) is 2.96. The van der Waals surface area contributed by atoms with E-state index in [1.54, 1.807) is 11.8 Å². The zero-order valence-corrected chi connectivity index (χ0v) is 17.6. The van der Waals surface area contributed by atoms with Crippen molar-refractivity contribution in [3.05, 3.63) is 0 Å². The SMILES string of the molecule is CCCCCC(C)(O)CCN1C(=O)CSC1CCCCCCC(=O)OC. The summed E-state index contributed by atoms with van der Waals surface area (Å²) >= 11 is 1.72. The number of aliphatic hydroxyl groups is 1. The van der Waals surface area contributed by atoms with Crippen molar-refractivity contribution in [1.82, 2.24) is 4.90 Å². The summed E-state index contributed by atoms with van der Waals surface area (Å²) in [7, 11) is 1.42. The third kappa shape index (κ3) is 9.26. The molecule has 1 saturated heterocycles. The van der Waals surface area contributed by atoms with E-state index in [2.05, 4.69) is 11.7 Å². The van der Waals surface area contributed by atoms with Crippen molar-refractivity contribution >= 4 is 23.6 Å². The number of thioether (sulfide) groups is 1. The number of rotatable bonds is 14. The van der Waals surface area contributed by atoms with Gasteiger partial charge in [0.05, 0.1) is 23.8 Å². The number of hydrogen-bond acceptors (Lipinski definition) is 5. The summed E-state index contributed by atoms with van der Waals surface area (Å²) in [6, 6.07) is 0. The van der Waals surface area contributed by atoms with Gasteiger partial charge in [-0.25, -0.2) is 0 Å². The first-order valence-corrected chi connectivity index (χ1v) is 11.1. The Hall–Kier alpha value is -0.750. The van der Waals surface area contributed by atoms with Crippen LogP contribution in [0.15, 0.2) is 0 Å². The van der Waals surface area contributed by atoms with E-state index in [1.807, 2.05) is 11.8 Å². The van der Waals surface area contributed by atoms with Crippen molar-refractivity contribution in [2.75, 3.05) is 19.4 Å². The zero-order chi connectivity index (χ0) is 19.4. The largest absolute Gasteiger partial charge is 0.469 e. The number of nitrogens with zero attached hydrogens (tertiary/aromatic N) is 1. The Morgan fingerprint density at radius 2 is 1.96 bits per heavy atom. The highest BCUT2D eigenvalue weighted by atomic mass is 32.2. The molecule has 0 radical (unpaired) electrons. The van der Waals surface area contributed by atoms with E-state index in [4.69, 9.17) is 0 Å². The molecule has 0 saturated carbocycles. The quantitative estimate of drug-likeness (QED) is 0.359. The molecule has 1 amide bonds. The Morgan fingerprint density at radius 1 is 1.23 bits per heavy atom. The van der Waals surface area contributed by atoms with Gasteiger partial charge in [0.25, 0.3) is 0 Å². The molecule has 5 nitrogen and oxygen atoms in total. The van der Waals surface area contributed by atoms with Crippen LogP contribution in [0.25, 0.3) is 0 Å². The molecule has 0 spiro atoms. The second kappa shape index (κ2) is 12.6. The molecule has 152 valence electrons. The fraction of sp³-hybridized carbons (Fsp3) is 0.900. The molecule has 0 aromatic rings. The van der Waals surface area contributed by atoms with Crippen LogP contribution in [0, 0.1) is 0 Å². The lowest BCUT2D eigenvalue weighted by Gasteiger charge is -2.29. The van der Waals surface area contributed by atoms with Crippen LogP contribution in [0.3, 0.4) is 0 Å². The molecule has 1 fully saturated rings. The predicted octanol–water partition coefficient (Wildman–Crippen LogP) is 4.12. The summed E-state index contributed by atoms with van der Waals surface area (Å²) in [6.45, 7) is 4.71. The van der Waals surface area contributed by atoms with Crippen LogP contribution < -0.4 is 0 Å². The second-order valence-electron chi connectivity index (χ2n) is 7.59. The van der Waals surface area contributed by atoms with Gasteiger partial charge in [-0.2, -0.15) is 0 Å². The molecular formula is C20H37NO4S. The van der Waals surface area contributed by atoms with Crippen LogP contribution in [-0.2, 0) is 14.3 Å². The lowest BCUT2D eigenvalue weighted by molar-refractivity contribution is -0.140. The molecule has 1 rings (SSSR count). The number of methoxy groups -OCH3 is 1. The summed E-state index contributed by atoms with van der Waals surface area (Å²) in [5, 5.41) is 10.8. The third-order valence-corrected chi connectivity index (χ3v) is 6.38. The first-order valence-electron chi connectivity index (χ1n) is 10.1. The normalized spacial score (nSPS) is 19.6. The number of ether oxygens (including phenoxy) is 1. The van der Waals surface area contributed by atoms with Crippen molar-refractivity contribution in [2.24, 2.45) is 0 Å². The van der Waals surface area contributed by atoms with Gasteiger partial charge in [0.15, 0.2) is 0 Å². The minimum atomic E-state index is -0.679. The van der Waals surface area contributed by atoms with E-state index >= 15 is 0 Å². The summed E-state index contributed by atoms with van der Waals surface area (Å²) < 4.78 is 4.64. The Balaban J connectivity index is 2.26. The molecule has 0 aliphatic carbocycles. The molecular weight excluding hydrogens is 350 g/mol. The fourth-order valence-electron chi connectivity index (χ4n) is 3.29. The van der Waals surface area contributed by atoms with Gasteiger partial charge in [-0.05, 0) is 32.6 Å². The second-order valence-corrected chi connectivity index (χ2v) is 8.75. The summed E-state index contributed by atoms with van der Waals surface area (Å²) in [4.78, 5) is 25.2. The van der Waals surface area contributed by atoms with E-state index in [0.29, 0.717) is 25.1 Å². The van der Waals surface area contributed by atoms with Gasteiger partial charge in [-0.1, -0.05) is 45.4 Å². The Morgan fingerprint density at radius 3 is 2.65 bits per heavy atom. The first-order chi connectivity index (χ1) is 12.4. The van der Waals surface area contributed by atoms with Gasteiger partial charge < -0.3 is 14.7 Å². The fourth-order valence-corrected chi connectivity index (χ4v) is 4.53. The molecule has 6 heteroatoms. The van der Waals surface area contributed by atoms with E-state index in [-0.39, 0.29) is 17.3 Å². The Bertz CT molecular complexity index is 428. The van der Waals surface area contributed by atoms with Gasteiger partial charge in [-0.15, -0.1) is 11.8 Å². The first kappa shape index (κ1) is 23.3. The maximum atomic E-state index is 12.2. The Kier molecular flexibility index (Phi) is 11.3. The van der Waals surface area contributed by atoms with E-state index in [0.717, 1.165) is 57.8 Å². The predicted molar refractivity (Wildman–Crippen MR) is 107 cm³/mol. The molecule has 0 bridgehead atoms. The molecule has 1 N–H and O–H groups in total. The highest BCUT2D eigenvalue weighted by Gasteiger charge is 2.32. The maximum absolute atomic E-state index is 12.2. The van der Waals surface area contributed by atoms with Crippen molar-refractivity contribution < 1.29 is 19.4 Å². The highest BCUT2D eigenvalue weighted by molar-refractivity contribution is 8.00. The maximum Gasteiger partial charge on any atom is 0.305 e. The van der Waals surface area contributed by atoms with E-state index in [9.17, 15) is 14.7 Å². The number of unbranched alkanes of at least 4 members (excludes halogenated alkanes) is 5. The molecule has 0 aromatic heterocycles. The number of esters is 1. The van der Waals surface area contributed by atoms with Crippen molar-refractivity contribution in [3.63, 3.8) is 0 Å². The molecule has 26 heavy (non-hydrogen) atoms. The lowest BCUT2D eigenvalue weighted by atomic mass is 9.94. The summed E-state index contributed by atoms with van der Waals surface area (Å²) in [5.41, 5.74) is -0.679. The number of amides is 1. The van der Waals surface area contributed by atoms with Gasteiger partial charge in [0, 0.05) is 13.0 Å². The Labute approximate surface area is 163 Å². The topological polar surface area (TPSA) is 66.8 Å². The molecule has 1 aliphatic rings. The van der Waals surface area contributed by atoms with Crippen LogP contribution in [0.1, 0.15) is 84.5 Å². The van der Waals surface area contributed by atoms with Gasteiger partial charge >= 0.3 is 5.97 Å². The van der Waals surface area contributed by atoms with Crippen LogP contribution in [0.4, 0.5) is 0 Å². The highest BCUT2D eigenvalue weighted by Crippen LogP contribution is 2.30. The standard InChI is InChI=1S/C20H37NO4S/c1-4-5-10-13-20(2,24)14-15-21-17(22)16-26-18(21)11-8-6-7-9-12-19(23)25-3/h18,24H,4-16H2,1-3H3.